The van der Waals surface area contributed by atoms with Crippen LogP contribution in [0, 0.1) is 12.3 Å². The maximum absolute atomic E-state index is 12.7. The highest BCUT2D eigenvalue weighted by molar-refractivity contribution is 5.97. The summed E-state index contributed by atoms with van der Waals surface area (Å²) in [5.74, 6) is 0.233. The van der Waals surface area contributed by atoms with Crippen molar-refractivity contribution in [3.05, 3.63) is 65.7 Å². The summed E-state index contributed by atoms with van der Waals surface area (Å²) in [5, 5.41) is 0. The Kier molecular flexibility index (Phi) is 3.83. The lowest BCUT2D eigenvalue weighted by molar-refractivity contribution is -0.117. The molecule has 1 atom stereocenters. The molecule has 0 aliphatic carbocycles. The minimum atomic E-state index is -0.105. The predicted molar refractivity (Wildman–Crippen MR) is 97.5 cm³/mol. The molecule has 25 heavy (non-hydrogen) atoms. The minimum Gasteiger partial charge on any atom is -0.338 e. The Bertz CT molecular complexity index is 800. The number of amides is 2. The van der Waals surface area contributed by atoms with Gasteiger partial charge in [0.2, 0.25) is 5.91 Å². The molecule has 0 saturated carbocycles. The molecular weight excluding hydrogens is 312 g/mol. The summed E-state index contributed by atoms with van der Waals surface area (Å²) >= 11 is 0. The molecule has 2 fully saturated rings. The van der Waals surface area contributed by atoms with E-state index in [-0.39, 0.29) is 17.2 Å². The van der Waals surface area contributed by atoms with Gasteiger partial charge in [-0.3, -0.25) is 9.59 Å². The molecule has 0 radical (unpaired) electrons. The van der Waals surface area contributed by atoms with Crippen LogP contribution in [-0.2, 0) is 4.79 Å². The van der Waals surface area contributed by atoms with E-state index in [1.165, 1.54) is 5.56 Å². The molecule has 0 unspecified atom stereocenters. The predicted octanol–water partition coefficient (Wildman–Crippen LogP) is 3.26. The van der Waals surface area contributed by atoms with E-state index in [1.807, 2.05) is 71.3 Å². The summed E-state index contributed by atoms with van der Waals surface area (Å²) in [4.78, 5) is 29.1. The third-order valence-electron chi connectivity index (χ3n) is 5.41. The molecule has 2 amide bonds. The van der Waals surface area contributed by atoms with Gasteiger partial charge in [-0.15, -0.1) is 0 Å². The van der Waals surface area contributed by atoms with Gasteiger partial charge in [-0.1, -0.05) is 35.9 Å². The Balaban J connectivity index is 1.50. The van der Waals surface area contributed by atoms with E-state index in [1.54, 1.807) is 0 Å². The van der Waals surface area contributed by atoms with Crippen molar-refractivity contribution in [1.29, 1.82) is 0 Å². The molecule has 128 valence electrons. The topological polar surface area (TPSA) is 40.6 Å². The van der Waals surface area contributed by atoms with Crippen molar-refractivity contribution >= 4 is 17.5 Å². The van der Waals surface area contributed by atoms with Gasteiger partial charge in [-0.25, -0.2) is 0 Å². The second kappa shape index (κ2) is 6.03. The average molecular weight is 334 g/mol. The van der Waals surface area contributed by atoms with Crippen molar-refractivity contribution in [2.24, 2.45) is 5.41 Å². The van der Waals surface area contributed by atoms with Crippen molar-refractivity contribution in [3.8, 4) is 0 Å². The molecule has 2 aromatic carbocycles. The van der Waals surface area contributed by atoms with E-state index in [0.717, 1.165) is 24.2 Å². The summed E-state index contributed by atoms with van der Waals surface area (Å²) < 4.78 is 0. The highest BCUT2D eigenvalue weighted by atomic mass is 16.2. The number of carbonyl (C=O) groups excluding carboxylic acids is 2. The molecule has 2 aliphatic rings. The van der Waals surface area contributed by atoms with Crippen LogP contribution in [0.4, 0.5) is 5.69 Å². The normalized spacial score (nSPS) is 22.8. The number of aryl methyl sites for hydroxylation is 1. The van der Waals surface area contributed by atoms with Gasteiger partial charge in [0.15, 0.2) is 0 Å². The molecular formula is C21H22N2O2. The van der Waals surface area contributed by atoms with E-state index in [2.05, 4.69) is 0 Å². The fourth-order valence-corrected chi connectivity index (χ4v) is 4.00. The van der Waals surface area contributed by atoms with Gasteiger partial charge in [-0.2, -0.15) is 0 Å². The summed E-state index contributed by atoms with van der Waals surface area (Å²) in [5.41, 5.74) is 2.76. The summed E-state index contributed by atoms with van der Waals surface area (Å²) in [6.07, 6.45) is 1.42. The number of rotatable bonds is 2. The first kappa shape index (κ1) is 15.9. The average Bonchev–Trinajstić information content (AvgIpc) is 3.19. The van der Waals surface area contributed by atoms with Crippen LogP contribution >= 0.6 is 0 Å². The number of nitrogens with zero attached hydrogens (tertiary/aromatic N) is 2. The molecule has 1 spiro atoms. The second-order valence-electron chi connectivity index (χ2n) is 7.33. The lowest BCUT2D eigenvalue weighted by Gasteiger charge is -2.24. The lowest BCUT2D eigenvalue weighted by Crippen LogP contribution is -2.34. The Morgan fingerprint density at radius 2 is 1.72 bits per heavy atom. The fourth-order valence-electron chi connectivity index (χ4n) is 4.00. The maximum atomic E-state index is 12.7. The first-order chi connectivity index (χ1) is 12.1. The maximum Gasteiger partial charge on any atom is 0.253 e. The number of carbonyl (C=O) groups is 2. The first-order valence-corrected chi connectivity index (χ1v) is 8.78. The number of anilines is 1. The van der Waals surface area contributed by atoms with Crippen LogP contribution in [0.25, 0.3) is 0 Å². The minimum absolute atomic E-state index is 0.0682. The summed E-state index contributed by atoms with van der Waals surface area (Å²) in [7, 11) is 0. The van der Waals surface area contributed by atoms with Gasteiger partial charge in [0, 0.05) is 42.7 Å². The molecule has 0 bridgehead atoms. The van der Waals surface area contributed by atoms with Crippen LogP contribution < -0.4 is 4.90 Å². The molecule has 0 N–H and O–H groups in total. The molecule has 4 heteroatoms. The van der Waals surface area contributed by atoms with Crippen molar-refractivity contribution in [2.75, 3.05) is 24.5 Å². The van der Waals surface area contributed by atoms with Gasteiger partial charge in [-0.05, 0) is 37.6 Å². The van der Waals surface area contributed by atoms with Gasteiger partial charge in [0.05, 0.1) is 0 Å². The number of hydrogen-bond acceptors (Lipinski definition) is 2. The van der Waals surface area contributed by atoms with Crippen LogP contribution in [0.5, 0.6) is 0 Å². The third kappa shape index (κ3) is 2.93. The molecule has 2 aliphatic heterocycles. The van der Waals surface area contributed by atoms with E-state index < -0.39 is 0 Å². The quantitative estimate of drug-likeness (QED) is 0.846. The SMILES string of the molecule is Cc1ccc(N2C[C@@]3(CCN(C(=O)c4ccccc4)C3)CC2=O)cc1. The molecule has 0 aromatic heterocycles. The Labute approximate surface area is 148 Å². The molecule has 2 aromatic rings. The van der Waals surface area contributed by atoms with Crippen LogP contribution in [0.2, 0.25) is 0 Å². The molecule has 4 rings (SSSR count). The van der Waals surface area contributed by atoms with Crippen LogP contribution in [-0.4, -0.2) is 36.3 Å². The summed E-state index contributed by atoms with van der Waals surface area (Å²) in [6, 6.07) is 17.5. The van der Waals surface area contributed by atoms with Gasteiger partial charge in [0.25, 0.3) is 5.91 Å². The zero-order chi connectivity index (χ0) is 17.4. The van der Waals surface area contributed by atoms with Crippen molar-refractivity contribution in [3.63, 3.8) is 0 Å². The van der Waals surface area contributed by atoms with Gasteiger partial charge < -0.3 is 9.80 Å². The smallest absolute Gasteiger partial charge is 0.253 e. The first-order valence-electron chi connectivity index (χ1n) is 8.78. The van der Waals surface area contributed by atoms with E-state index >= 15 is 0 Å². The number of likely N-dealkylation sites (tertiary alicyclic amines) is 1. The molecule has 4 nitrogen and oxygen atoms in total. The standard InChI is InChI=1S/C21H22N2O2/c1-16-7-9-18(10-8-16)23-15-21(13-19(23)24)11-12-22(14-21)20(25)17-5-3-2-4-6-17/h2-10H,11-15H2,1H3/t21-/m0/s1. The van der Waals surface area contributed by atoms with E-state index in [9.17, 15) is 9.59 Å². The second-order valence-corrected chi connectivity index (χ2v) is 7.33. The fraction of sp³-hybridized carbons (Fsp3) is 0.333. The van der Waals surface area contributed by atoms with Crippen LogP contribution in [0.15, 0.2) is 54.6 Å². The van der Waals surface area contributed by atoms with Crippen molar-refractivity contribution < 1.29 is 9.59 Å². The highest BCUT2D eigenvalue weighted by Gasteiger charge is 2.48. The third-order valence-corrected chi connectivity index (χ3v) is 5.41. The van der Waals surface area contributed by atoms with Gasteiger partial charge >= 0.3 is 0 Å². The molecule has 2 saturated heterocycles. The highest BCUT2D eigenvalue weighted by Crippen LogP contribution is 2.42. The zero-order valence-electron chi connectivity index (χ0n) is 14.4. The summed E-state index contributed by atoms with van der Waals surface area (Å²) in [6.45, 7) is 4.13. The lowest BCUT2D eigenvalue weighted by atomic mass is 9.86. The monoisotopic (exact) mass is 334 g/mol. The Hall–Kier alpha value is -2.62. The Morgan fingerprint density at radius 1 is 1.00 bits per heavy atom. The number of hydrogen-bond donors (Lipinski definition) is 0. The zero-order valence-corrected chi connectivity index (χ0v) is 14.4. The van der Waals surface area contributed by atoms with Crippen molar-refractivity contribution in [1.82, 2.24) is 4.90 Å². The van der Waals surface area contributed by atoms with Crippen molar-refractivity contribution in [2.45, 2.75) is 19.8 Å². The van der Waals surface area contributed by atoms with E-state index in [4.69, 9.17) is 0 Å². The Morgan fingerprint density at radius 3 is 2.44 bits per heavy atom. The van der Waals surface area contributed by atoms with Gasteiger partial charge in [0.1, 0.15) is 0 Å². The van der Waals surface area contributed by atoms with Crippen LogP contribution in [0.3, 0.4) is 0 Å². The largest absolute Gasteiger partial charge is 0.338 e. The van der Waals surface area contributed by atoms with E-state index in [0.29, 0.717) is 19.5 Å². The molecule has 2 heterocycles. The number of benzene rings is 2. The van der Waals surface area contributed by atoms with Crippen LogP contribution in [0.1, 0.15) is 28.8 Å².